The molecular weight excluding hydrogens is 236 g/mol. The third-order valence-electron chi connectivity index (χ3n) is 3.02. The molecule has 0 radical (unpaired) electrons. The fourth-order valence-corrected chi connectivity index (χ4v) is 2.11. The molecule has 4 heteroatoms. The van der Waals surface area contributed by atoms with Crippen LogP contribution in [0, 0.1) is 0 Å². The zero-order chi connectivity index (χ0) is 13.1. The standard InChI is InChI=1S/C15H14N4/c16-19-14-10-17-15(11-6-2-1-3-7-11)12-8-4-5-9-13(12)18-14/h1-9H,10,16H2,(H,18,19). The number of aliphatic imine (C=N–C) groups is 2. The maximum Gasteiger partial charge on any atom is 0.138 e. The molecule has 0 saturated carbocycles. The summed E-state index contributed by atoms with van der Waals surface area (Å²) in [6, 6.07) is 18.1. The summed E-state index contributed by atoms with van der Waals surface area (Å²) < 4.78 is 0. The summed E-state index contributed by atoms with van der Waals surface area (Å²) in [5.41, 5.74) is 6.55. The molecule has 0 spiro atoms. The van der Waals surface area contributed by atoms with Crippen molar-refractivity contribution >= 4 is 17.2 Å². The average molecular weight is 250 g/mol. The maximum atomic E-state index is 5.46. The minimum absolute atomic E-state index is 0.454. The van der Waals surface area contributed by atoms with Crippen molar-refractivity contribution in [1.29, 1.82) is 0 Å². The molecule has 3 rings (SSSR count). The van der Waals surface area contributed by atoms with Crippen LogP contribution in [0.2, 0.25) is 0 Å². The number of rotatable bonds is 1. The van der Waals surface area contributed by atoms with Crippen LogP contribution in [0.5, 0.6) is 0 Å². The second-order valence-electron chi connectivity index (χ2n) is 4.25. The lowest BCUT2D eigenvalue weighted by molar-refractivity contribution is 0.992. The Bertz CT molecular complexity index is 644. The number of nitrogens with zero attached hydrogens (tertiary/aromatic N) is 2. The molecule has 0 aliphatic carbocycles. The highest BCUT2D eigenvalue weighted by Gasteiger charge is 2.14. The van der Waals surface area contributed by atoms with Crippen molar-refractivity contribution in [2.75, 3.05) is 6.54 Å². The molecule has 0 atom stereocenters. The fraction of sp³-hybridized carbons (Fsp3) is 0.0667. The Morgan fingerprint density at radius 2 is 1.68 bits per heavy atom. The lowest BCUT2D eigenvalue weighted by atomic mass is 10.0. The van der Waals surface area contributed by atoms with Crippen LogP contribution in [-0.4, -0.2) is 18.1 Å². The third-order valence-corrected chi connectivity index (χ3v) is 3.02. The Morgan fingerprint density at radius 1 is 0.947 bits per heavy atom. The molecule has 3 N–H and O–H groups in total. The third kappa shape index (κ3) is 2.26. The second-order valence-corrected chi connectivity index (χ2v) is 4.25. The summed E-state index contributed by atoms with van der Waals surface area (Å²) in [4.78, 5) is 9.13. The number of para-hydroxylation sites is 1. The van der Waals surface area contributed by atoms with E-state index < -0.39 is 0 Å². The lowest BCUT2D eigenvalue weighted by Gasteiger charge is -2.07. The monoisotopic (exact) mass is 250 g/mol. The van der Waals surface area contributed by atoms with Crippen molar-refractivity contribution in [2.45, 2.75) is 0 Å². The number of fused-ring (bicyclic) bond motifs is 1. The van der Waals surface area contributed by atoms with Gasteiger partial charge in [0.15, 0.2) is 0 Å². The smallest absolute Gasteiger partial charge is 0.138 e. The van der Waals surface area contributed by atoms with Gasteiger partial charge in [-0.05, 0) is 6.07 Å². The Hall–Kier alpha value is -2.46. The van der Waals surface area contributed by atoms with E-state index in [2.05, 4.69) is 27.5 Å². The molecule has 0 bridgehead atoms. The number of benzene rings is 2. The van der Waals surface area contributed by atoms with E-state index in [-0.39, 0.29) is 0 Å². The van der Waals surface area contributed by atoms with E-state index in [0.29, 0.717) is 12.4 Å². The zero-order valence-electron chi connectivity index (χ0n) is 10.4. The maximum absolute atomic E-state index is 5.46. The topological polar surface area (TPSA) is 62.8 Å². The molecule has 1 aliphatic rings. The van der Waals surface area contributed by atoms with Crippen molar-refractivity contribution in [3.8, 4) is 0 Å². The number of hydrazine groups is 1. The molecule has 0 amide bonds. The highest BCUT2D eigenvalue weighted by atomic mass is 15.3. The summed E-state index contributed by atoms with van der Waals surface area (Å²) in [5, 5.41) is 0. The molecule has 0 aromatic heterocycles. The molecule has 0 unspecified atom stereocenters. The van der Waals surface area contributed by atoms with E-state index in [9.17, 15) is 0 Å². The van der Waals surface area contributed by atoms with Gasteiger partial charge in [-0.1, -0.05) is 48.5 Å². The van der Waals surface area contributed by atoms with Gasteiger partial charge >= 0.3 is 0 Å². The lowest BCUT2D eigenvalue weighted by Crippen LogP contribution is -2.32. The number of nitrogens with one attached hydrogen (secondary N) is 1. The van der Waals surface area contributed by atoms with Crippen molar-refractivity contribution in [3.63, 3.8) is 0 Å². The SMILES string of the molecule is NNC1=Nc2ccccc2C(c2ccccc2)=NC1. The first-order chi connectivity index (χ1) is 9.38. The number of amidine groups is 1. The zero-order valence-corrected chi connectivity index (χ0v) is 10.4. The van der Waals surface area contributed by atoms with E-state index in [1.807, 2.05) is 42.5 Å². The van der Waals surface area contributed by atoms with Crippen molar-refractivity contribution < 1.29 is 0 Å². The molecule has 4 nitrogen and oxygen atoms in total. The Kier molecular flexibility index (Phi) is 3.08. The molecular formula is C15H14N4. The Balaban J connectivity index is 2.16. The van der Waals surface area contributed by atoms with Crippen LogP contribution in [0.1, 0.15) is 11.1 Å². The minimum Gasteiger partial charge on any atom is -0.310 e. The molecule has 0 saturated heterocycles. The molecule has 2 aromatic carbocycles. The van der Waals surface area contributed by atoms with Gasteiger partial charge in [0.05, 0.1) is 17.9 Å². The van der Waals surface area contributed by atoms with Gasteiger partial charge in [0, 0.05) is 11.1 Å². The van der Waals surface area contributed by atoms with Crippen LogP contribution >= 0.6 is 0 Å². The Labute approximate surface area is 111 Å². The summed E-state index contributed by atoms with van der Waals surface area (Å²) in [7, 11) is 0. The molecule has 1 heterocycles. The normalized spacial score (nSPS) is 13.9. The highest BCUT2D eigenvalue weighted by molar-refractivity contribution is 6.17. The first-order valence-electron chi connectivity index (χ1n) is 6.12. The van der Waals surface area contributed by atoms with Crippen molar-refractivity contribution in [2.24, 2.45) is 15.8 Å². The fourth-order valence-electron chi connectivity index (χ4n) is 2.11. The molecule has 0 fully saturated rings. The van der Waals surface area contributed by atoms with Gasteiger partial charge in [0.2, 0.25) is 0 Å². The van der Waals surface area contributed by atoms with Crippen LogP contribution in [-0.2, 0) is 0 Å². The van der Waals surface area contributed by atoms with Crippen molar-refractivity contribution in [3.05, 3.63) is 65.7 Å². The van der Waals surface area contributed by atoms with Crippen molar-refractivity contribution in [1.82, 2.24) is 5.43 Å². The van der Waals surface area contributed by atoms with Gasteiger partial charge in [0.1, 0.15) is 5.84 Å². The van der Waals surface area contributed by atoms with E-state index in [0.717, 1.165) is 22.5 Å². The molecule has 2 aromatic rings. The largest absolute Gasteiger partial charge is 0.310 e. The molecule has 19 heavy (non-hydrogen) atoms. The number of hydrogen-bond acceptors (Lipinski definition) is 4. The minimum atomic E-state index is 0.454. The summed E-state index contributed by atoms with van der Waals surface area (Å²) in [5.74, 6) is 6.13. The highest BCUT2D eigenvalue weighted by Crippen LogP contribution is 2.24. The average Bonchev–Trinajstić information content (AvgIpc) is 2.67. The van der Waals surface area contributed by atoms with Crippen LogP contribution < -0.4 is 11.3 Å². The van der Waals surface area contributed by atoms with Gasteiger partial charge in [-0.3, -0.25) is 4.99 Å². The molecule has 94 valence electrons. The summed E-state index contributed by atoms with van der Waals surface area (Å²) >= 11 is 0. The second kappa shape index (κ2) is 5.04. The quantitative estimate of drug-likeness (QED) is 0.601. The van der Waals surface area contributed by atoms with E-state index in [1.54, 1.807) is 0 Å². The van der Waals surface area contributed by atoms with Gasteiger partial charge in [0.25, 0.3) is 0 Å². The number of hydrogen-bond donors (Lipinski definition) is 2. The summed E-state index contributed by atoms with van der Waals surface area (Å²) in [6.45, 7) is 0.454. The van der Waals surface area contributed by atoms with Crippen LogP contribution in [0.4, 0.5) is 5.69 Å². The summed E-state index contributed by atoms with van der Waals surface area (Å²) in [6.07, 6.45) is 0. The first-order valence-corrected chi connectivity index (χ1v) is 6.12. The van der Waals surface area contributed by atoms with Crippen LogP contribution in [0.25, 0.3) is 0 Å². The van der Waals surface area contributed by atoms with Gasteiger partial charge < -0.3 is 5.43 Å². The number of nitrogens with two attached hydrogens (primary N) is 1. The van der Waals surface area contributed by atoms with Crippen LogP contribution in [0.15, 0.2) is 64.6 Å². The van der Waals surface area contributed by atoms with Gasteiger partial charge in [-0.25, -0.2) is 10.8 Å². The van der Waals surface area contributed by atoms with Gasteiger partial charge in [-0.2, -0.15) is 0 Å². The predicted octanol–water partition coefficient (Wildman–Crippen LogP) is 2.03. The van der Waals surface area contributed by atoms with E-state index in [1.165, 1.54) is 0 Å². The van der Waals surface area contributed by atoms with E-state index >= 15 is 0 Å². The Morgan fingerprint density at radius 3 is 2.47 bits per heavy atom. The van der Waals surface area contributed by atoms with Crippen LogP contribution in [0.3, 0.4) is 0 Å². The van der Waals surface area contributed by atoms with E-state index in [4.69, 9.17) is 5.84 Å². The first kappa shape index (κ1) is 11.6. The molecule has 1 aliphatic heterocycles. The predicted molar refractivity (Wildman–Crippen MR) is 77.8 cm³/mol. The van der Waals surface area contributed by atoms with Gasteiger partial charge in [-0.15, -0.1) is 0 Å².